The van der Waals surface area contributed by atoms with E-state index in [2.05, 4.69) is 21.8 Å². The summed E-state index contributed by atoms with van der Waals surface area (Å²) in [6.07, 6.45) is 6.30. The van der Waals surface area contributed by atoms with Crippen LogP contribution in [0.4, 0.5) is 5.82 Å². The lowest BCUT2D eigenvalue weighted by molar-refractivity contribution is -0.203. The number of ether oxygens (including phenoxy) is 1. The van der Waals surface area contributed by atoms with Crippen molar-refractivity contribution in [2.45, 2.75) is 58.2 Å². The fourth-order valence-corrected chi connectivity index (χ4v) is 4.15. The van der Waals surface area contributed by atoms with Gasteiger partial charge in [-0.2, -0.15) is 0 Å². The zero-order valence-corrected chi connectivity index (χ0v) is 14.7. The van der Waals surface area contributed by atoms with Gasteiger partial charge in [-0.15, -0.1) is 0 Å². The van der Waals surface area contributed by atoms with Gasteiger partial charge in [0, 0.05) is 36.7 Å². The number of piperidine rings is 1. The smallest absolute Gasteiger partial charge is 0.135 e. The van der Waals surface area contributed by atoms with Crippen LogP contribution in [0.1, 0.15) is 44.0 Å². The Labute approximate surface area is 143 Å². The van der Waals surface area contributed by atoms with E-state index in [4.69, 9.17) is 9.84 Å². The van der Waals surface area contributed by atoms with Crippen LogP contribution in [-0.2, 0) is 11.2 Å². The van der Waals surface area contributed by atoms with Gasteiger partial charge in [0.1, 0.15) is 11.6 Å². The first-order valence-corrected chi connectivity index (χ1v) is 9.08. The Morgan fingerprint density at radius 1 is 1.38 bits per heavy atom. The van der Waals surface area contributed by atoms with Crippen molar-refractivity contribution in [1.82, 2.24) is 9.97 Å². The first-order valence-electron chi connectivity index (χ1n) is 9.08. The van der Waals surface area contributed by atoms with Gasteiger partial charge in [-0.1, -0.05) is 13.3 Å². The molecule has 6 heteroatoms. The van der Waals surface area contributed by atoms with Crippen molar-refractivity contribution in [2.75, 3.05) is 31.2 Å². The summed E-state index contributed by atoms with van der Waals surface area (Å²) < 4.78 is 5.76. The Hall–Kier alpha value is -1.24. The topological polar surface area (TPSA) is 78.7 Å². The normalized spacial score (nSPS) is 25.8. The summed E-state index contributed by atoms with van der Waals surface area (Å²) >= 11 is 0. The molecule has 0 amide bonds. The number of hydrogen-bond donors (Lipinski definition) is 2. The minimum absolute atomic E-state index is 0.0371. The van der Waals surface area contributed by atoms with E-state index in [0.717, 1.165) is 50.4 Å². The van der Waals surface area contributed by atoms with Crippen molar-refractivity contribution >= 4 is 5.82 Å². The van der Waals surface area contributed by atoms with Gasteiger partial charge in [-0.05, 0) is 26.2 Å². The molecular weight excluding hydrogens is 306 g/mol. The minimum atomic E-state index is -0.286. The van der Waals surface area contributed by atoms with Gasteiger partial charge < -0.3 is 19.8 Å². The molecule has 1 saturated heterocycles. The second-order valence-corrected chi connectivity index (χ2v) is 7.07. The lowest BCUT2D eigenvalue weighted by Gasteiger charge is -2.56. The van der Waals surface area contributed by atoms with E-state index in [0.29, 0.717) is 13.0 Å². The van der Waals surface area contributed by atoms with Crippen molar-refractivity contribution in [3.8, 4) is 0 Å². The highest BCUT2D eigenvalue weighted by Crippen LogP contribution is 2.51. The Bertz CT molecular complexity index is 558. The number of aromatic nitrogens is 2. The highest BCUT2D eigenvalue weighted by molar-refractivity contribution is 5.47. The summed E-state index contributed by atoms with van der Waals surface area (Å²) in [7, 11) is 0. The molecule has 2 aliphatic rings. The Morgan fingerprint density at radius 3 is 2.75 bits per heavy atom. The number of aliphatic hydroxyl groups excluding tert-OH is 2. The third kappa shape index (κ3) is 3.15. The molecule has 1 aliphatic carbocycles. The number of rotatable bonds is 6. The van der Waals surface area contributed by atoms with E-state index in [1.807, 2.05) is 13.1 Å². The summed E-state index contributed by atoms with van der Waals surface area (Å²) in [6, 6.07) is 0. The largest absolute Gasteiger partial charge is 0.394 e. The quantitative estimate of drug-likeness (QED) is 0.819. The number of aryl methyl sites for hydroxylation is 2. The van der Waals surface area contributed by atoms with Crippen molar-refractivity contribution in [1.29, 1.82) is 0 Å². The molecule has 6 nitrogen and oxygen atoms in total. The van der Waals surface area contributed by atoms with Crippen LogP contribution in [-0.4, -0.2) is 58.7 Å². The molecule has 1 aromatic heterocycles. The van der Waals surface area contributed by atoms with Crippen molar-refractivity contribution in [3.63, 3.8) is 0 Å². The van der Waals surface area contributed by atoms with Gasteiger partial charge in [0.05, 0.1) is 25.4 Å². The second-order valence-electron chi connectivity index (χ2n) is 7.07. The first-order chi connectivity index (χ1) is 11.6. The molecule has 1 spiro atoms. The van der Waals surface area contributed by atoms with Crippen LogP contribution in [0.3, 0.4) is 0 Å². The summed E-state index contributed by atoms with van der Waals surface area (Å²) in [6.45, 7) is 6.25. The van der Waals surface area contributed by atoms with Crippen LogP contribution >= 0.6 is 0 Å². The van der Waals surface area contributed by atoms with E-state index in [1.54, 1.807) is 0 Å². The zero-order chi connectivity index (χ0) is 17.2. The maximum absolute atomic E-state index is 10.3. The molecule has 2 N–H and O–H groups in total. The predicted molar refractivity (Wildman–Crippen MR) is 92.1 cm³/mol. The number of aliphatic hydroxyl groups is 2. The van der Waals surface area contributed by atoms with Crippen LogP contribution in [0.15, 0.2) is 6.20 Å². The van der Waals surface area contributed by atoms with Gasteiger partial charge in [-0.3, -0.25) is 0 Å². The Balaban J connectivity index is 1.70. The van der Waals surface area contributed by atoms with Crippen LogP contribution < -0.4 is 4.90 Å². The molecule has 0 unspecified atom stereocenters. The zero-order valence-electron chi connectivity index (χ0n) is 14.7. The van der Waals surface area contributed by atoms with Crippen LogP contribution in [0.2, 0.25) is 0 Å². The molecule has 0 aromatic carbocycles. The first kappa shape index (κ1) is 17.6. The average Bonchev–Trinajstić information content (AvgIpc) is 2.60. The van der Waals surface area contributed by atoms with Gasteiger partial charge in [0.15, 0.2) is 0 Å². The standard InChI is InChI=1S/C18H29N3O3/c1-3-4-14-12-19-13(2)20-17(14)21-7-5-18(6-8-21)15(23)11-16(18)24-10-9-22/h12,15-16,22-23H,3-11H2,1-2H3/t15-,16+/m0/s1. The number of anilines is 1. The lowest BCUT2D eigenvalue weighted by Crippen LogP contribution is -2.62. The molecule has 0 bridgehead atoms. The summed E-state index contributed by atoms with van der Waals surface area (Å²) in [5.74, 6) is 1.86. The van der Waals surface area contributed by atoms with E-state index in [1.165, 1.54) is 5.56 Å². The third-order valence-corrected chi connectivity index (χ3v) is 5.63. The van der Waals surface area contributed by atoms with Gasteiger partial charge in [0.25, 0.3) is 0 Å². The maximum atomic E-state index is 10.3. The molecule has 0 radical (unpaired) electrons. The SMILES string of the molecule is CCCc1cnc(C)nc1N1CCC2(CC1)[C@@H](O)C[C@H]2OCCO. The monoisotopic (exact) mass is 335 g/mol. The molecule has 3 rings (SSSR count). The van der Waals surface area contributed by atoms with E-state index >= 15 is 0 Å². The average molecular weight is 335 g/mol. The molecule has 24 heavy (non-hydrogen) atoms. The number of hydrogen-bond acceptors (Lipinski definition) is 6. The number of nitrogens with zero attached hydrogens (tertiary/aromatic N) is 3. The molecule has 1 saturated carbocycles. The summed E-state index contributed by atoms with van der Waals surface area (Å²) in [4.78, 5) is 11.4. The minimum Gasteiger partial charge on any atom is -0.394 e. The second kappa shape index (κ2) is 7.33. The van der Waals surface area contributed by atoms with Gasteiger partial charge >= 0.3 is 0 Å². The summed E-state index contributed by atoms with van der Waals surface area (Å²) in [5, 5.41) is 19.3. The van der Waals surface area contributed by atoms with Crippen molar-refractivity contribution in [2.24, 2.45) is 5.41 Å². The van der Waals surface area contributed by atoms with Crippen molar-refractivity contribution in [3.05, 3.63) is 17.6 Å². The molecular formula is C18H29N3O3. The Morgan fingerprint density at radius 2 is 2.12 bits per heavy atom. The van der Waals surface area contributed by atoms with E-state index in [-0.39, 0.29) is 24.2 Å². The molecule has 2 fully saturated rings. The lowest BCUT2D eigenvalue weighted by atomic mass is 9.58. The maximum Gasteiger partial charge on any atom is 0.135 e. The van der Waals surface area contributed by atoms with Gasteiger partial charge in [0.2, 0.25) is 0 Å². The van der Waals surface area contributed by atoms with E-state index < -0.39 is 0 Å². The highest BCUT2D eigenvalue weighted by Gasteiger charge is 2.56. The van der Waals surface area contributed by atoms with Crippen LogP contribution in [0, 0.1) is 12.3 Å². The highest BCUT2D eigenvalue weighted by atomic mass is 16.5. The van der Waals surface area contributed by atoms with Crippen LogP contribution in [0.5, 0.6) is 0 Å². The molecule has 134 valence electrons. The van der Waals surface area contributed by atoms with Gasteiger partial charge in [-0.25, -0.2) is 9.97 Å². The van der Waals surface area contributed by atoms with Crippen molar-refractivity contribution < 1.29 is 14.9 Å². The molecule has 2 heterocycles. The van der Waals surface area contributed by atoms with E-state index in [9.17, 15) is 5.11 Å². The summed E-state index contributed by atoms with van der Waals surface area (Å²) in [5.41, 5.74) is 1.07. The molecule has 2 atom stereocenters. The Kier molecular flexibility index (Phi) is 5.37. The predicted octanol–water partition coefficient (Wildman–Crippen LogP) is 1.47. The fourth-order valence-electron chi connectivity index (χ4n) is 4.15. The fraction of sp³-hybridized carbons (Fsp3) is 0.778. The molecule has 1 aliphatic heterocycles. The third-order valence-electron chi connectivity index (χ3n) is 5.63. The molecule has 1 aromatic rings. The van der Waals surface area contributed by atoms with Crippen LogP contribution in [0.25, 0.3) is 0 Å².